The van der Waals surface area contributed by atoms with Crippen molar-refractivity contribution in [1.82, 2.24) is 20.1 Å². The standard InChI is InChI=1S/C22H24N4OS/c1-4-13-26-21(19-12-8-9-16(2)14-19)24-25-22(26)28-15-20(27)23-17(3)18-10-6-5-7-11-18/h4-12,14,17H,1,13,15H2,2-3H3,(H,23,27). The molecule has 0 aliphatic rings. The van der Waals surface area contributed by atoms with Crippen LogP contribution in [0.15, 0.2) is 72.4 Å². The molecule has 1 atom stereocenters. The molecule has 1 N–H and O–H groups in total. The van der Waals surface area contributed by atoms with E-state index >= 15 is 0 Å². The lowest BCUT2D eigenvalue weighted by Crippen LogP contribution is -2.28. The van der Waals surface area contributed by atoms with Crippen molar-refractivity contribution in [3.8, 4) is 11.4 Å². The van der Waals surface area contributed by atoms with E-state index in [0.29, 0.717) is 11.7 Å². The van der Waals surface area contributed by atoms with Crippen LogP contribution >= 0.6 is 11.8 Å². The molecule has 0 fully saturated rings. The second-order valence-corrected chi connectivity index (χ2v) is 7.51. The van der Waals surface area contributed by atoms with Gasteiger partial charge < -0.3 is 5.32 Å². The number of benzene rings is 2. The third-order valence-electron chi connectivity index (χ3n) is 4.31. The van der Waals surface area contributed by atoms with Gasteiger partial charge >= 0.3 is 0 Å². The predicted octanol–water partition coefficient (Wildman–Crippen LogP) is 4.41. The van der Waals surface area contributed by atoms with E-state index in [4.69, 9.17) is 0 Å². The highest BCUT2D eigenvalue weighted by molar-refractivity contribution is 7.99. The maximum atomic E-state index is 12.4. The monoisotopic (exact) mass is 392 g/mol. The van der Waals surface area contributed by atoms with Crippen LogP contribution in [0.1, 0.15) is 24.1 Å². The van der Waals surface area contributed by atoms with E-state index < -0.39 is 0 Å². The Morgan fingerprint density at radius 1 is 1.21 bits per heavy atom. The van der Waals surface area contributed by atoms with Crippen LogP contribution in [0.5, 0.6) is 0 Å². The molecule has 1 amide bonds. The zero-order chi connectivity index (χ0) is 19.9. The normalized spacial score (nSPS) is 11.8. The number of thioether (sulfide) groups is 1. The first-order chi connectivity index (χ1) is 13.6. The second kappa shape index (κ2) is 9.37. The fourth-order valence-electron chi connectivity index (χ4n) is 2.93. The lowest BCUT2D eigenvalue weighted by Gasteiger charge is -2.14. The van der Waals surface area contributed by atoms with E-state index in [1.54, 1.807) is 0 Å². The summed E-state index contributed by atoms with van der Waals surface area (Å²) in [7, 11) is 0. The zero-order valence-electron chi connectivity index (χ0n) is 16.1. The summed E-state index contributed by atoms with van der Waals surface area (Å²) in [5.41, 5.74) is 3.25. The molecule has 0 bridgehead atoms. The molecule has 0 radical (unpaired) electrons. The van der Waals surface area contributed by atoms with Gasteiger partial charge in [-0.05, 0) is 25.5 Å². The van der Waals surface area contributed by atoms with Crippen molar-refractivity contribution in [1.29, 1.82) is 0 Å². The highest BCUT2D eigenvalue weighted by Crippen LogP contribution is 2.25. The smallest absolute Gasteiger partial charge is 0.230 e. The van der Waals surface area contributed by atoms with E-state index in [2.05, 4.69) is 28.2 Å². The first-order valence-electron chi connectivity index (χ1n) is 9.16. The van der Waals surface area contributed by atoms with E-state index in [1.165, 1.54) is 11.8 Å². The molecule has 0 aliphatic heterocycles. The van der Waals surface area contributed by atoms with Crippen molar-refractivity contribution < 1.29 is 4.79 Å². The maximum absolute atomic E-state index is 12.4. The third kappa shape index (κ3) is 4.89. The van der Waals surface area contributed by atoms with Gasteiger partial charge in [0.1, 0.15) is 0 Å². The van der Waals surface area contributed by atoms with Crippen LogP contribution in [0.2, 0.25) is 0 Å². The molecule has 1 unspecified atom stereocenters. The predicted molar refractivity (Wildman–Crippen MR) is 114 cm³/mol. The van der Waals surface area contributed by atoms with Gasteiger partial charge in [0.15, 0.2) is 11.0 Å². The fraction of sp³-hybridized carbons (Fsp3) is 0.227. The molecular formula is C22H24N4OS. The Kier molecular flexibility index (Phi) is 6.66. The highest BCUT2D eigenvalue weighted by Gasteiger charge is 2.16. The van der Waals surface area contributed by atoms with Crippen molar-refractivity contribution in [2.75, 3.05) is 5.75 Å². The van der Waals surface area contributed by atoms with Gasteiger partial charge in [-0.15, -0.1) is 16.8 Å². The quantitative estimate of drug-likeness (QED) is 0.456. The molecule has 0 saturated carbocycles. The average Bonchev–Trinajstić information content (AvgIpc) is 3.10. The van der Waals surface area contributed by atoms with Crippen LogP contribution in [-0.4, -0.2) is 26.4 Å². The van der Waals surface area contributed by atoms with Crippen molar-refractivity contribution >= 4 is 17.7 Å². The summed E-state index contributed by atoms with van der Waals surface area (Å²) in [6, 6.07) is 18.0. The molecule has 1 aromatic heterocycles. The molecule has 0 aliphatic carbocycles. The Bertz CT molecular complexity index is 952. The number of nitrogens with zero attached hydrogens (tertiary/aromatic N) is 3. The lowest BCUT2D eigenvalue weighted by atomic mass is 10.1. The number of hydrogen-bond acceptors (Lipinski definition) is 4. The summed E-state index contributed by atoms with van der Waals surface area (Å²) in [4.78, 5) is 12.4. The molecular weight excluding hydrogens is 368 g/mol. The van der Waals surface area contributed by atoms with E-state index in [0.717, 1.165) is 22.5 Å². The van der Waals surface area contributed by atoms with Gasteiger partial charge in [-0.1, -0.05) is 71.9 Å². The van der Waals surface area contributed by atoms with Crippen LogP contribution < -0.4 is 5.32 Å². The first-order valence-corrected chi connectivity index (χ1v) is 10.1. The van der Waals surface area contributed by atoms with E-state index in [-0.39, 0.29) is 17.7 Å². The van der Waals surface area contributed by atoms with Gasteiger partial charge in [-0.2, -0.15) is 0 Å². The van der Waals surface area contributed by atoms with E-state index in [1.807, 2.05) is 73.0 Å². The van der Waals surface area contributed by atoms with Crippen LogP contribution in [0.25, 0.3) is 11.4 Å². The molecule has 28 heavy (non-hydrogen) atoms. The molecule has 1 heterocycles. The molecule has 0 spiro atoms. The fourth-order valence-corrected chi connectivity index (χ4v) is 3.68. The van der Waals surface area contributed by atoms with Gasteiger partial charge in [0, 0.05) is 12.1 Å². The number of carbonyl (C=O) groups excluding carboxylic acids is 1. The molecule has 0 saturated heterocycles. The third-order valence-corrected chi connectivity index (χ3v) is 5.28. The number of rotatable bonds is 8. The molecule has 5 nitrogen and oxygen atoms in total. The Hall–Kier alpha value is -2.86. The summed E-state index contributed by atoms with van der Waals surface area (Å²) in [6.07, 6.45) is 1.81. The minimum Gasteiger partial charge on any atom is -0.349 e. The number of aryl methyl sites for hydroxylation is 1. The second-order valence-electron chi connectivity index (χ2n) is 6.56. The molecule has 6 heteroatoms. The Morgan fingerprint density at radius 3 is 2.71 bits per heavy atom. The van der Waals surface area contributed by atoms with Crippen molar-refractivity contribution in [3.05, 3.63) is 78.4 Å². The minimum atomic E-state index is -0.0387. The number of nitrogens with one attached hydrogen (secondary N) is 1. The van der Waals surface area contributed by atoms with Crippen LogP contribution in [0.3, 0.4) is 0 Å². The average molecular weight is 393 g/mol. The molecule has 144 valence electrons. The Labute approximate surface area is 169 Å². The minimum absolute atomic E-state index is 0.0355. The maximum Gasteiger partial charge on any atom is 0.230 e. The number of hydrogen-bond donors (Lipinski definition) is 1. The van der Waals surface area contributed by atoms with Crippen molar-refractivity contribution in [3.63, 3.8) is 0 Å². The first kappa shape index (κ1) is 19.9. The van der Waals surface area contributed by atoms with Gasteiger partial charge in [0.2, 0.25) is 5.91 Å². The van der Waals surface area contributed by atoms with Crippen LogP contribution in [-0.2, 0) is 11.3 Å². The largest absolute Gasteiger partial charge is 0.349 e. The Morgan fingerprint density at radius 2 is 2.00 bits per heavy atom. The lowest BCUT2D eigenvalue weighted by molar-refractivity contribution is -0.119. The number of allylic oxidation sites excluding steroid dienone is 1. The number of carbonyl (C=O) groups is 1. The number of amides is 1. The number of aromatic nitrogens is 3. The summed E-state index contributed by atoms with van der Waals surface area (Å²) in [5.74, 6) is 1.02. The van der Waals surface area contributed by atoms with Gasteiger partial charge in [-0.3, -0.25) is 9.36 Å². The molecule has 3 rings (SSSR count). The topological polar surface area (TPSA) is 59.8 Å². The van der Waals surface area contributed by atoms with Gasteiger partial charge in [0.25, 0.3) is 0 Å². The summed E-state index contributed by atoms with van der Waals surface area (Å²) >= 11 is 1.38. The Balaban J connectivity index is 1.68. The van der Waals surface area contributed by atoms with E-state index in [9.17, 15) is 4.79 Å². The van der Waals surface area contributed by atoms with Crippen molar-refractivity contribution in [2.24, 2.45) is 0 Å². The zero-order valence-corrected chi connectivity index (χ0v) is 16.9. The summed E-state index contributed by atoms with van der Waals surface area (Å²) < 4.78 is 1.99. The van der Waals surface area contributed by atoms with Gasteiger partial charge in [0.05, 0.1) is 11.8 Å². The highest BCUT2D eigenvalue weighted by atomic mass is 32.2. The SMILES string of the molecule is C=CCn1c(SCC(=O)NC(C)c2ccccc2)nnc1-c1cccc(C)c1. The van der Waals surface area contributed by atoms with Gasteiger partial charge in [-0.25, -0.2) is 0 Å². The molecule has 2 aromatic carbocycles. The summed E-state index contributed by atoms with van der Waals surface area (Å²) in [6.45, 7) is 8.44. The summed E-state index contributed by atoms with van der Waals surface area (Å²) in [5, 5.41) is 12.4. The van der Waals surface area contributed by atoms with Crippen molar-refractivity contribution in [2.45, 2.75) is 31.6 Å². The van der Waals surface area contributed by atoms with Crippen LogP contribution in [0, 0.1) is 6.92 Å². The molecule has 3 aromatic rings. The van der Waals surface area contributed by atoms with Crippen LogP contribution in [0.4, 0.5) is 0 Å².